The van der Waals surface area contributed by atoms with E-state index in [0.29, 0.717) is 18.7 Å². The molecule has 3 nitrogen and oxygen atoms in total. The van der Waals surface area contributed by atoms with Gasteiger partial charge in [-0.05, 0) is 36.8 Å². The van der Waals surface area contributed by atoms with Gasteiger partial charge in [0.25, 0.3) is 5.91 Å². The van der Waals surface area contributed by atoms with Crippen LogP contribution >= 0.6 is 0 Å². The molecule has 0 aliphatic heterocycles. The first-order valence-corrected chi connectivity index (χ1v) is 8.82. The van der Waals surface area contributed by atoms with E-state index in [1.165, 1.54) is 5.56 Å². The Labute approximate surface area is 155 Å². The molecule has 26 heavy (non-hydrogen) atoms. The number of rotatable bonds is 7. The number of hydrogen-bond donors (Lipinski definition) is 0. The summed E-state index contributed by atoms with van der Waals surface area (Å²) in [5.41, 5.74) is 4.20. The second kappa shape index (κ2) is 8.34. The summed E-state index contributed by atoms with van der Waals surface area (Å²) < 4.78 is 2.19. The van der Waals surface area contributed by atoms with Gasteiger partial charge in [-0.2, -0.15) is 0 Å². The number of aromatic nitrogens is 1. The average Bonchev–Trinajstić information content (AvgIpc) is 3.09. The Hall–Kier alpha value is -3.07. The number of carbonyl (C=O) groups excluding carboxylic acids is 1. The molecule has 0 saturated heterocycles. The molecule has 0 unspecified atom stereocenters. The highest BCUT2D eigenvalue weighted by molar-refractivity contribution is 5.94. The molecule has 0 spiro atoms. The standard InChI is InChI=1S/C23H24N2O/c1-3-15-25(23(26)21-13-11-19(2)12-14-21)18-22-10-7-16-24(22)17-20-8-5-4-6-9-20/h3-14,16H,1,15,17-18H2,2H3. The average molecular weight is 344 g/mol. The second-order valence-corrected chi connectivity index (χ2v) is 6.45. The SMILES string of the molecule is C=CCN(Cc1cccn1Cc1ccccc1)C(=O)c1ccc(C)cc1. The lowest BCUT2D eigenvalue weighted by Crippen LogP contribution is -2.31. The third-order valence-corrected chi connectivity index (χ3v) is 4.41. The van der Waals surface area contributed by atoms with Crippen molar-refractivity contribution in [1.82, 2.24) is 9.47 Å². The van der Waals surface area contributed by atoms with E-state index >= 15 is 0 Å². The Bertz CT molecular complexity index is 863. The summed E-state index contributed by atoms with van der Waals surface area (Å²) in [7, 11) is 0. The Morgan fingerprint density at radius 3 is 2.46 bits per heavy atom. The number of aryl methyl sites for hydroxylation is 1. The van der Waals surface area contributed by atoms with Gasteiger partial charge in [0.1, 0.15) is 0 Å². The van der Waals surface area contributed by atoms with Crippen molar-refractivity contribution in [3.05, 3.63) is 108 Å². The molecule has 0 aliphatic carbocycles. The summed E-state index contributed by atoms with van der Waals surface area (Å²) in [4.78, 5) is 14.7. The Morgan fingerprint density at radius 1 is 1.04 bits per heavy atom. The van der Waals surface area contributed by atoms with Gasteiger partial charge in [0, 0.05) is 30.5 Å². The second-order valence-electron chi connectivity index (χ2n) is 6.45. The molecule has 3 aromatic rings. The molecule has 0 aliphatic rings. The Morgan fingerprint density at radius 2 is 1.77 bits per heavy atom. The summed E-state index contributed by atoms with van der Waals surface area (Å²) in [6.07, 6.45) is 3.83. The minimum atomic E-state index is 0.0253. The van der Waals surface area contributed by atoms with Crippen LogP contribution in [0.25, 0.3) is 0 Å². The predicted molar refractivity (Wildman–Crippen MR) is 106 cm³/mol. The van der Waals surface area contributed by atoms with Crippen LogP contribution in [-0.2, 0) is 13.1 Å². The van der Waals surface area contributed by atoms with Gasteiger partial charge in [-0.1, -0.05) is 54.1 Å². The quantitative estimate of drug-likeness (QED) is 0.572. The van der Waals surface area contributed by atoms with Crippen LogP contribution in [0.1, 0.15) is 27.2 Å². The molecule has 1 heterocycles. The maximum atomic E-state index is 12.9. The third-order valence-electron chi connectivity index (χ3n) is 4.41. The highest BCUT2D eigenvalue weighted by Crippen LogP contribution is 2.14. The molecule has 3 rings (SSSR count). The zero-order chi connectivity index (χ0) is 18.4. The summed E-state index contributed by atoms with van der Waals surface area (Å²) in [6.45, 7) is 7.70. The van der Waals surface area contributed by atoms with Crippen LogP contribution in [0.3, 0.4) is 0 Å². The van der Waals surface area contributed by atoms with Gasteiger partial charge in [0.05, 0.1) is 6.54 Å². The summed E-state index contributed by atoms with van der Waals surface area (Å²) >= 11 is 0. The maximum Gasteiger partial charge on any atom is 0.254 e. The highest BCUT2D eigenvalue weighted by Gasteiger charge is 2.16. The van der Waals surface area contributed by atoms with Gasteiger partial charge in [0.2, 0.25) is 0 Å². The Kier molecular flexibility index (Phi) is 5.69. The van der Waals surface area contributed by atoms with Gasteiger partial charge in [-0.3, -0.25) is 4.79 Å². The molecule has 0 radical (unpaired) electrons. The van der Waals surface area contributed by atoms with Crippen molar-refractivity contribution in [2.75, 3.05) is 6.54 Å². The largest absolute Gasteiger partial charge is 0.345 e. The molecule has 0 bridgehead atoms. The van der Waals surface area contributed by atoms with E-state index in [4.69, 9.17) is 0 Å². The van der Waals surface area contributed by atoms with Gasteiger partial charge >= 0.3 is 0 Å². The molecule has 0 N–H and O–H groups in total. The number of benzene rings is 2. The zero-order valence-electron chi connectivity index (χ0n) is 15.1. The van der Waals surface area contributed by atoms with E-state index in [-0.39, 0.29) is 5.91 Å². The van der Waals surface area contributed by atoms with E-state index in [1.54, 1.807) is 6.08 Å². The molecule has 0 atom stereocenters. The molecule has 0 fully saturated rings. The van der Waals surface area contributed by atoms with Crippen LogP contribution in [0.2, 0.25) is 0 Å². The van der Waals surface area contributed by atoms with E-state index in [2.05, 4.69) is 35.5 Å². The fourth-order valence-electron chi connectivity index (χ4n) is 2.98. The fraction of sp³-hybridized carbons (Fsp3) is 0.174. The van der Waals surface area contributed by atoms with Crippen LogP contribution in [0.5, 0.6) is 0 Å². The van der Waals surface area contributed by atoms with Crippen LogP contribution < -0.4 is 0 Å². The Balaban J connectivity index is 1.78. The van der Waals surface area contributed by atoms with Gasteiger partial charge in [-0.25, -0.2) is 0 Å². The van der Waals surface area contributed by atoms with E-state index in [9.17, 15) is 4.79 Å². The normalized spacial score (nSPS) is 10.5. The third kappa shape index (κ3) is 4.31. The van der Waals surface area contributed by atoms with Crippen LogP contribution in [-0.4, -0.2) is 21.9 Å². The number of nitrogens with zero attached hydrogens (tertiary/aromatic N) is 2. The van der Waals surface area contributed by atoms with Crippen molar-refractivity contribution < 1.29 is 4.79 Å². The lowest BCUT2D eigenvalue weighted by molar-refractivity contribution is 0.0759. The highest BCUT2D eigenvalue weighted by atomic mass is 16.2. The minimum Gasteiger partial charge on any atom is -0.345 e. The first-order valence-electron chi connectivity index (χ1n) is 8.82. The first kappa shape index (κ1) is 17.7. The topological polar surface area (TPSA) is 25.2 Å². The van der Waals surface area contributed by atoms with Crippen molar-refractivity contribution in [3.8, 4) is 0 Å². The first-order chi connectivity index (χ1) is 12.7. The van der Waals surface area contributed by atoms with Crippen molar-refractivity contribution in [2.24, 2.45) is 0 Å². The smallest absolute Gasteiger partial charge is 0.254 e. The van der Waals surface area contributed by atoms with Crippen molar-refractivity contribution in [1.29, 1.82) is 0 Å². The van der Waals surface area contributed by atoms with Crippen molar-refractivity contribution >= 4 is 5.91 Å². The molecule has 132 valence electrons. The summed E-state index contributed by atoms with van der Waals surface area (Å²) in [6, 6.07) is 22.1. The summed E-state index contributed by atoms with van der Waals surface area (Å²) in [5, 5.41) is 0. The van der Waals surface area contributed by atoms with Crippen LogP contribution in [0.15, 0.2) is 85.6 Å². The molecular weight excluding hydrogens is 320 g/mol. The van der Waals surface area contributed by atoms with Crippen LogP contribution in [0.4, 0.5) is 0 Å². The molecule has 3 heteroatoms. The zero-order valence-corrected chi connectivity index (χ0v) is 15.1. The van der Waals surface area contributed by atoms with Gasteiger partial charge < -0.3 is 9.47 Å². The monoisotopic (exact) mass is 344 g/mol. The maximum absolute atomic E-state index is 12.9. The van der Waals surface area contributed by atoms with E-state index in [1.807, 2.05) is 60.4 Å². The van der Waals surface area contributed by atoms with E-state index < -0.39 is 0 Å². The number of hydrogen-bond acceptors (Lipinski definition) is 1. The molecular formula is C23H24N2O. The number of carbonyl (C=O) groups is 1. The summed E-state index contributed by atoms with van der Waals surface area (Å²) in [5.74, 6) is 0.0253. The number of amides is 1. The lowest BCUT2D eigenvalue weighted by atomic mass is 10.1. The minimum absolute atomic E-state index is 0.0253. The molecule has 2 aromatic carbocycles. The molecule has 1 aromatic heterocycles. The lowest BCUT2D eigenvalue weighted by Gasteiger charge is -2.22. The molecule has 1 amide bonds. The van der Waals surface area contributed by atoms with Gasteiger partial charge in [0.15, 0.2) is 0 Å². The van der Waals surface area contributed by atoms with E-state index in [0.717, 1.165) is 17.8 Å². The van der Waals surface area contributed by atoms with Gasteiger partial charge in [-0.15, -0.1) is 6.58 Å². The van der Waals surface area contributed by atoms with Crippen molar-refractivity contribution in [2.45, 2.75) is 20.0 Å². The molecule has 0 saturated carbocycles. The predicted octanol–water partition coefficient (Wildman–Crippen LogP) is 4.67. The van der Waals surface area contributed by atoms with Crippen molar-refractivity contribution in [3.63, 3.8) is 0 Å². The van der Waals surface area contributed by atoms with Crippen LogP contribution in [0, 0.1) is 6.92 Å². The fourth-order valence-corrected chi connectivity index (χ4v) is 2.98.